The Balaban J connectivity index is 1.76. The Morgan fingerprint density at radius 2 is 2.29 bits per heavy atom. The second-order valence-corrected chi connectivity index (χ2v) is 4.19. The van der Waals surface area contributed by atoms with Crippen molar-refractivity contribution in [2.45, 2.75) is 25.3 Å². The van der Waals surface area contributed by atoms with Gasteiger partial charge in [-0.25, -0.2) is 0 Å². The molecule has 0 saturated carbocycles. The van der Waals surface area contributed by atoms with Gasteiger partial charge < -0.3 is 10.6 Å². The van der Waals surface area contributed by atoms with Gasteiger partial charge in [0.05, 0.1) is 0 Å². The van der Waals surface area contributed by atoms with Crippen LogP contribution in [0.3, 0.4) is 0 Å². The molecule has 0 spiro atoms. The zero-order valence-electron chi connectivity index (χ0n) is 8.59. The largest absolute Gasteiger partial charge is 0.355 e. The molecule has 1 unspecified atom stereocenters. The molecule has 2 heterocycles. The lowest BCUT2D eigenvalue weighted by Gasteiger charge is -2.22. The smallest absolute Gasteiger partial charge is 0.221 e. The zero-order chi connectivity index (χ0) is 9.80. The zero-order valence-corrected chi connectivity index (χ0v) is 8.59. The van der Waals surface area contributed by atoms with Crippen molar-refractivity contribution in [2.24, 2.45) is 0 Å². The van der Waals surface area contributed by atoms with Gasteiger partial charge in [-0.2, -0.15) is 0 Å². The number of nitrogens with one attached hydrogen (secondary N) is 2. The van der Waals surface area contributed by atoms with E-state index in [1.807, 2.05) is 0 Å². The molecule has 2 aliphatic rings. The van der Waals surface area contributed by atoms with E-state index in [2.05, 4.69) is 15.5 Å². The number of carbonyl (C=O) groups excluding carboxylic acids is 1. The highest BCUT2D eigenvalue weighted by molar-refractivity contribution is 5.76. The summed E-state index contributed by atoms with van der Waals surface area (Å²) in [5.41, 5.74) is 0. The number of hydrogen-bond donors (Lipinski definition) is 2. The SMILES string of the molecule is O=C1CCN(CC2CCCN2)CCN1. The van der Waals surface area contributed by atoms with E-state index in [9.17, 15) is 4.79 Å². The van der Waals surface area contributed by atoms with Crippen molar-refractivity contribution in [3.8, 4) is 0 Å². The van der Waals surface area contributed by atoms with Crippen molar-refractivity contribution in [3.63, 3.8) is 0 Å². The Hall–Kier alpha value is -0.610. The minimum atomic E-state index is 0.201. The fraction of sp³-hybridized carbons (Fsp3) is 0.900. The molecule has 0 bridgehead atoms. The Morgan fingerprint density at radius 3 is 3.07 bits per heavy atom. The van der Waals surface area contributed by atoms with Gasteiger partial charge in [0.2, 0.25) is 5.91 Å². The number of nitrogens with zero attached hydrogens (tertiary/aromatic N) is 1. The maximum absolute atomic E-state index is 11.1. The summed E-state index contributed by atoms with van der Waals surface area (Å²) < 4.78 is 0. The summed E-state index contributed by atoms with van der Waals surface area (Å²) in [7, 11) is 0. The predicted molar refractivity (Wildman–Crippen MR) is 55.1 cm³/mol. The Kier molecular flexibility index (Phi) is 3.37. The van der Waals surface area contributed by atoms with Crippen LogP contribution in [0.5, 0.6) is 0 Å². The molecule has 2 fully saturated rings. The van der Waals surface area contributed by atoms with Crippen LogP contribution in [0, 0.1) is 0 Å². The van der Waals surface area contributed by atoms with Gasteiger partial charge >= 0.3 is 0 Å². The van der Waals surface area contributed by atoms with Gasteiger partial charge in [0.1, 0.15) is 0 Å². The normalized spacial score (nSPS) is 30.0. The van der Waals surface area contributed by atoms with Gasteiger partial charge in [0.15, 0.2) is 0 Å². The molecule has 14 heavy (non-hydrogen) atoms. The van der Waals surface area contributed by atoms with E-state index in [0.29, 0.717) is 12.5 Å². The van der Waals surface area contributed by atoms with Gasteiger partial charge in [0, 0.05) is 38.6 Å². The van der Waals surface area contributed by atoms with Crippen LogP contribution in [-0.4, -0.2) is 49.6 Å². The first-order chi connectivity index (χ1) is 6.84. The highest BCUT2D eigenvalue weighted by atomic mass is 16.1. The second-order valence-electron chi connectivity index (χ2n) is 4.19. The van der Waals surface area contributed by atoms with Crippen molar-refractivity contribution in [1.82, 2.24) is 15.5 Å². The monoisotopic (exact) mass is 197 g/mol. The fourth-order valence-corrected chi connectivity index (χ4v) is 2.22. The van der Waals surface area contributed by atoms with Crippen LogP contribution in [0.1, 0.15) is 19.3 Å². The number of rotatable bonds is 2. The molecular formula is C10H19N3O. The average molecular weight is 197 g/mol. The highest BCUT2D eigenvalue weighted by Gasteiger charge is 2.19. The predicted octanol–water partition coefficient (Wildman–Crippen LogP) is -0.440. The van der Waals surface area contributed by atoms with Crippen LogP contribution >= 0.6 is 0 Å². The van der Waals surface area contributed by atoms with Crippen LogP contribution in [0.15, 0.2) is 0 Å². The van der Waals surface area contributed by atoms with Crippen molar-refractivity contribution in [3.05, 3.63) is 0 Å². The third kappa shape index (κ3) is 2.69. The van der Waals surface area contributed by atoms with E-state index >= 15 is 0 Å². The molecule has 0 aromatic rings. The third-order valence-corrected chi connectivity index (χ3v) is 3.05. The topological polar surface area (TPSA) is 44.4 Å². The summed E-state index contributed by atoms with van der Waals surface area (Å²) >= 11 is 0. The molecule has 2 rings (SSSR count). The maximum atomic E-state index is 11.1. The van der Waals surface area contributed by atoms with Crippen molar-refractivity contribution < 1.29 is 4.79 Å². The standard InChI is InChI=1S/C10H19N3O/c14-10-3-6-13(7-5-12-10)8-9-2-1-4-11-9/h9,11H,1-8H2,(H,12,14). The Labute approximate surface area is 85.0 Å². The number of carbonyl (C=O) groups is 1. The van der Waals surface area contributed by atoms with Gasteiger partial charge in [-0.05, 0) is 19.4 Å². The molecular weight excluding hydrogens is 178 g/mol. The molecule has 0 radical (unpaired) electrons. The fourth-order valence-electron chi connectivity index (χ4n) is 2.22. The summed E-state index contributed by atoms with van der Waals surface area (Å²) in [6.07, 6.45) is 3.25. The third-order valence-electron chi connectivity index (χ3n) is 3.05. The van der Waals surface area contributed by atoms with Crippen molar-refractivity contribution in [1.29, 1.82) is 0 Å². The van der Waals surface area contributed by atoms with E-state index in [-0.39, 0.29) is 5.91 Å². The first-order valence-corrected chi connectivity index (χ1v) is 5.57. The quantitative estimate of drug-likeness (QED) is 0.631. The van der Waals surface area contributed by atoms with Crippen LogP contribution in [0.2, 0.25) is 0 Å². The molecule has 2 aliphatic heterocycles. The summed E-state index contributed by atoms with van der Waals surface area (Å²) in [5, 5.41) is 6.39. The van der Waals surface area contributed by atoms with E-state index < -0.39 is 0 Å². The number of hydrogen-bond acceptors (Lipinski definition) is 3. The molecule has 1 atom stereocenters. The first kappa shape index (κ1) is 9.93. The van der Waals surface area contributed by atoms with E-state index in [1.54, 1.807) is 0 Å². The molecule has 2 saturated heterocycles. The molecule has 4 heteroatoms. The van der Waals surface area contributed by atoms with Crippen LogP contribution in [-0.2, 0) is 4.79 Å². The van der Waals surface area contributed by atoms with Crippen LogP contribution in [0.4, 0.5) is 0 Å². The van der Waals surface area contributed by atoms with Gasteiger partial charge in [0.25, 0.3) is 0 Å². The van der Waals surface area contributed by atoms with E-state index in [1.165, 1.54) is 12.8 Å². The summed E-state index contributed by atoms with van der Waals surface area (Å²) in [4.78, 5) is 13.5. The summed E-state index contributed by atoms with van der Waals surface area (Å²) in [6, 6.07) is 0.656. The van der Waals surface area contributed by atoms with E-state index in [0.717, 1.165) is 32.7 Å². The first-order valence-electron chi connectivity index (χ1n) is 5.57. The van der Waals surface area contributed by atoms with Gasteiger partial charge in [-0.15, -0.1) is 0 Å². The molecule has 0 aliphatic carbocycles. The maximum Gasteiger partial charge on any atom is 0.221 e. The van der Waals surface area contributed by atoms with E-state index in [4.69, 9.17) is 0 Å². The molecule has 0 aromatic heterocycles. The Morgan fingerprint density at radius 1 is 1.36 bits per heavy atom. The molecule has 2 N–H and O–H groups in total. The lowest BCUT2D eigenvalue weighted by molar-refractivity contribution is -0.120. The van der Waals surface area contributed by atoms with Gasteiger partial charge in [-0.3, -0.25) is 9.69 Å². The van der Waals surface area contributed by atoms with Crippen molar-refractivity contribution >= 4 is 5.91 Å². The number of amides is 1. The van der Waals surface area contributed by atoms with Crippen LogP contribution < -0.4 is 10.6 Å². The lowest BCUT2D eigenvalue weighted by Crippen LogP contribution is -2.39. The van der Waals surface area contributed by atoms with Crippen molar-refractivity contribution in [2.75, 3.05) is 32.7 Å². The molecule has 0 aromatic carbocycles. The second kappa shape index (κ2) is 4.75. The van der Waals surface area contributed by atoms with Crippen LogP contribution in [0.25, 0.3) is 0 Å². The lowest BCUT2D eigenvalue weighted by atomic mass is 10.2. The average Bonchev–Trinajstić information content (AvgIpc) is 2.58. The Bertz CT molecular complexity index is 202. The summed E-state index contributed by atoms with van der Waals surface area (Å²) in [6.45, 7) is 5.00. The molecule has 80 valence electrons. The summed E-state index contributed by atoms with van der Waals surface area (Å²) in [5.74, 6) is 0.201. The van der Waals surface area contributed by atoms with Gasteiger partial charge in [-0.1, -0.05) is 0 Å². The minimum absolute atomic E-state index is 0.201. The highest BCUT2D eigenvalue weighted by Crippen LogP contribution is 2.07. The molecule has 1 amide bonds. The minimum Gasteiger partial charge on any atom is -0.355 e. The molecule has 4 nitrogen and oxygen atoms in total.